The van der Waals surface area contributed by atoms with Crippen LogP contribution in [0.15, 0.2) is 59.6 Å². The molecule has 0 heterocycles. The number of aryl methyl sites for hydroxylation is 1. The van der Waals surface area contributed by atoms with Crippen molar-refractivity contribution in [3.05, 3.63) is 76.3 Å². The van der Waals surface area contributed by atoms with E-state index in [0.717, 1.165) is 15.6 Å². The lowest BCUT2D eigenvalue weighted by Gasteiger charge is -2.15. The molecule has 4 nitrogen and oxygen atoms in total. The smallest absolute Gasteiger partial charge is 0.251 e. The Morgan fingerprint density at radius 2 is 1.96 bits per heavy atom. The first kappa shape index (κ1) is 19.8. The summed E-state index contributed by atoms with van der Waals surface area (Å²) in [6.07, 6.45) is 3.46. The van der Waals surface area contributed by atoms with Gasteiger partial charge in [-0.2, -0.15) is 0 Å². The molecule has 0 unspecified atom stereocenters. The number of carbonyl (C=O) groups excluding carboxylic acids is 1. The molecule has 5 heteroatoms. The molecule has 0 bridgehead atoms. The zero-order chi connectivity index (χ0) is 19.1. The lowest BCUT2D eigenvalue weighted by molar-refractivity contribution is 0.0962. The van der Waals surface area contributed by atoms with Crippen molar-refractivity contribution in [3.8, 4) is 11.5 Å². The number of hydrogen-bond acceptors (Lipinski definition) is 3. The van der Waals surface area contributed by atoms with Crippen LogP contribution in [0.2, 0.25) is 0 Å². The quantitative estimate of drug-likeness (QED) is 0.503. The maximum absolute atomic E-state index is 12.0. The predicted octanol–water partition coefficient (Wildman–Crippen LogP) is 5.12. The summed E-state index contributed by atoms with van der Waals surface area (Å²) in [6, 6.07) is 11.1. The number of nitrogens with one attached hydrogen (secondary N) is 1. The fraction of sp³-hybridized carbons (Fsp3) is 0.190. The number of ether oxygens (including phenoxy) is 2. The monoisotopic (exact) mass is 415 g/mol. The number of allylic oxidation sites excluding steroid dienone is 2. The van der Waals surface area contributed by atoms with Crippen LogP contribution in [0.4, 0.5) is 0 Å². The number of benzene rings is 2. The van der Waals surface area contributed by atoms with Gasteiger partial charge in [-0.25, -0.2) is 0 Å². The molecule has 0 saturated carbocycles. The van der Waals surface area contributed by atoms with E-state index in [2.05, 4.69) is 27.8 Å². The third-order valence-corrected chi connectivity index (χ3v) is 4.14. The topological polar surface area (TPSA) is 47.6 Å². The molecule has 136 valence electrons. The maximum Gasteiger partial charge on any atom is 0.251 e. The van der Waals surface area contributed by atoms with Gasteiger partial charge in [-0.15, -0.1) is 0 Å². The lowest BCUT2D eigenvalue weighted by atomic mass is 10.1. The molecule has 0 radical (unpaired) electrons. The van der Waals surface area contributed by atoms with E-state index < -0.39 is 0 Å². The van der Waals surface area contributed by atoms with Crippen LogP contribution in [0.5, 0.6) is 11.5 Å². The van der Waals surface area contributed by atoms with E-state index in [1.54, 1.807) is 37.4 Å². The van der Waals surface area contributed by atoms with Crippen LogP contribution in [0.3, 0.4) is 0 Å². The number of carbonyl (C=O) groups is 1. The van der Waals surface area contributed by atoms with Crippen LogP contribution in [0, 0.1) is 6.92 Å². The number of rotatable bonds is 7. The van der Waals surface area contributed by atoms with Crippen molar-refractivity contribution in [1.82, 2.24) is 5.32 Å². The molecule has 0 aliphatic heterocycles. The summed E-state index contributed by atoms with van der Waals surface area (Å²) in [5, 5.41) is 2.62. The zero-order valence-corrected chi connectivity index (χ0v) is 16.7. The predicted molar refractivity (Wildman–Crippen MR) is 109 cm³/mol. The van der Waals surface area contributed by atoms with Crippen molar-refractivity contribution in [2.75, 3.05) is 13.7 Å². The highest BCUT2D eigenvalue weighted by atomic mass is 79.9. The SMILES string of the molecule is C=C/C=C(/Oc1cc(OCC)cc(C(=O)NC)c1)c1cc(Br)ccc1C. The van der Waals surface area contributed by atoms with Crippen molar-refractivity contribution in [2.24, 2.45) is 0 Å². The molecule has 0 aliphatic rings. The normalized spacial score (nSPS) is 11.0. The first-order chi connectivity index (χ1) is 12.5. The molecule has 1 amide bonds. The van der Waals surface area contributed by atoms with Crippen LogP contribution in [0.25, 0.3) is 5.76 Å². The van der Waals surface area contributed by atoms with E-state index >= 15 is 0 Å². The third-order valence-electron chi connectivity index (χ3n) is 3.64. The summed E-state index contributed by atoms with van der Waals surface area (Å²) in [5.74, 6) is 1.52. The Bertz CT molecular complexity index is 843. The van der Waals surface area contributed by atoms with Crippen molar-refractivity contribution >= 4 is 27.6 Å². The highest BCUT2D eigenvalue weighted by Crippen LogP contribution is 2.30. The van der Waals surface area contributed by atoms with Crippen LogP contribution in [0.1, 0.15) is 28.4 Å². The second-order valence-corrected chi connectivity index (χ2v) is 6.45. The Balaban J connectivity index is 2.47. The van der Waals surface area contributed by atoms with Gasteiger partial charge in [0.05, 0.1) is 6.61 Å². The molecule has 0 aliphatic carbocycles. The van der Waals surface area contributed by atoms with E-state index in [-0.39, 0.29) is 5.91 Å². The Labute approximate surface area is 162 Å². The minimum Gasteiger partial charge on any atom is -0.494 e. The van der Waals surface area contributed by atoms with Crippen molar-refractivity contribution in [2.45, 2.75) is 13.8 Å². The van der Waals surface area contributed by atoms with Gasteiger partial charge in [-0.05, 0) is 49.8 Å². The molecular formula is C21H22BrNO3. The molecule has 2 aromatic rings. The van der Waals surface area contributed by atoms with Gasteiger partial charge in [0.25, 0.3) is 5.91 Å². The summed E-state index contributed by atoms with van der Waals surface area (Å²) in [6.45, 7) is 8.16. The molecule has 0 fully saturated rings. The van der Waals surface area contributed by atoms with Gasteiger partial charge in [-0.1, -0.05) is 34.7 Å². The summed E-state index contributed by atoms with van der Waals surface area (Å²) in [7, 11) is 1.59. The van der Waals surface area contributed by atoms with Gasteiger partial charge in [0, 0.05) is 28.7 Å². The molecule has 0 spiro atoms. The van der Waals surface area contributed by atoms with Crippen LogP contribution < -0.4 is 14.8 Å². The highest BCUT2D eigenvalue weighted by Gasteiger charge is 2.13. The number of halogens is 1. The Kier molecular flexibility index (Phi) is 7.04. The van der Waals surface area contributed by atoms with Crippen LogP contribution in [-0.2, 0) is 0 Å². The second kappa shape index (κ2) is 9.25. The average molecular weight is 416 g/mol. The summed E-state index contributed by atoms with van der Waals surface area (Å²) in [4.78, 5) is 12.0. The third kappa shape index (κ3) is 4.99. The van der Waals surface area contributed by atoms with Crippen molar-refractivity contribution in [3.63, 3.8) is 0 Å². The molecule has 2 aromatic carbocycles. The van der Waals surface area contributed by atoms with E-state index in [9.17, 15) is 4.79 Å². The van der Waals surface area contributed by atoms with Gasteiger partial charge in [-0.3, -0.25) is 4.79 Å². The largest absolute Gasteiger partial charge is 0.494 e. The maximum atomic E-state index is 12.0. The zero-order valence-electron chi connectivity index (χ0n) is 15.1. The Morgan fingerprint density at radius 3 is 2.62 bits per heavy atom. The molecular weight excluding hydrogens is 394 g/mol. The fourth-order valence-corrected chi connectivity index (χ4v) is 2.79. The Morgan fingerprint density at radius 1 is 1.23 bits per heavy atom. The van der Waals surface area contributed by atoms with E-state index in [4.69, 9.17) is 9.47 Å². The minimum atomic E-state index is -0.204. The highest BCUT2D eigenvalue weighted by molar-refractivity contribution is 9.10. The van der Waals surface area contributed by atoms with Gasteiger partial charge >= 0.3 is 0 Å². The molecule has 26 heavy (non-hydrogen) atoms. The standard InChI is InChI=1S/C21H22BrNO3/c1-5-7-20(19-12-16(22)9-8-14(19)3)26-18-11-15(21(24)23-4)10-17(13-18)25-6-2/h5,7-13H,1,6H2,2-4H3,(H,23,24)/b20-7+. The average Bonchev–Trinajstić information content (AvgIpc) is 2.63. The van der Waals surface area contributed by atoms with Gasteiger partial charge < -0.3 is 14.8 Å². The van der Waals surface area contributed by atoms with Gasteiger partial charge in [0.1, 0.15) is 17.3 Å². The van der Waals surface area contributed by atoms with E-state index in [0.29, 0.717) is 29.4 Å². The summed E-state index contributed by atoms with van der Waals surface area (Å²) < 4.78 is 12.6. The number of amides is 1. The van der Waals surface area contributed by atoms with Gasteiger partial charge in [0.15, 0.2) is 0 Å². The summed E-state index contributed by atoms with van der Waals surface area (Å²) in [5.41, 5.74) is 2.47. The first-order valence-corrected chi connectivity index (χ1v) is 9.04. The lowest BCUT2D eigenvalue weighted by Crippen LogP contribution is -2.18. The second-order valence-electron chi connectivity index (χ2n) is 5.53. The number of hydrogen-bond donors (Lipinski definition) is 1. The minimum absolute atomic E-state index is 0.204. The van der Waals surface area contributed by atoms with Crippen LogP contribution in [-0.4, -0.2) is 19.6 Å². The molecule has 0 aromatic heterocycles. The summed E-state index contributed by atoms with van der Waals surface area (Å²) >= 11 is 3.49. The fourth-order valence-electron chi connectivity index (χ4n) is 2.43. The molecule has 0 atom stereocenters. The molecule has 1 N–H and O–H groups in total. The molecule has 2 rings (SSSR count). The van der Waals surface area contributed by atoms with Gasteiger partial charge in [0.2, 0.25) is 0 Å². The van der Waals surface area contributed by atoms with Crippen molar-refractivity contribution < 1.29 is 14.3 Å². The van der Waals surface area contributed by atoms with Crippen LogP contribution >= 0.6 is 15.9 Å². The van der Waals surface area contributed by atoms with E-state index in [1.807, 2.05) is 32.0 Å². The first-order valence-electron chi connectivity index (χ1n) is 8.25. The Hall–Kier alpha value is -2.53. The van der Waals surface area contributed by atoms with E-state index in [1.165, 1.54) is 0 Å². The molecule has 0 saturated heterocycles. The van der Waals surface area contributed by atoms with Crippen molar-refractivity contribution in [1.29, 1.82) is 0 Å².